The highest BCUT2D eigenvalue weighted by Crippen LogP contribution is 2.00. The number of H-pyrrole nitrogens is 1. The molecule has 1 rings (SSSR count). The van der Waals surface area contributed by atoms with Gasteiger partial charge in [-0.2, -0.15) is 5.10 Å². The lowest BCUT2D eigenvalue weighted by atomic mass is 10.3. The van der Waals surface area contributed by atoms with Crippen molar-refractivity contribution < 1.29 is 4.79 Å². The zero-order valence-electron chi connectivity index (χ0n) is 7.41. The first kappa shape index (κ1) is 9.91. The van der Waals surface area contributed by atoms with Crippen molar-refractivity contribution in [1.82, 2.24) is 14.8 Å². The molecule has 0 unspecified atom stereocenters. The van der Waals surface area contributed by atoms with Gasteiger partial charge in [-0.05, 0) is 19.1 Å². The lowest BCUT2D eigenvalue weighted by molar-refractivity contribution is -0.118. The molecule has 1 amide bonds. The van der Waals surface area contributed by atoms with Crippen molar-refractivity contribution in [3.63, 3.8) is 0 Å². The number of nitrogens with one attached hydrogen (secondary N) is 1. The molecular weight excluding hydrogens is 188 g/mol. The zero-order valence-corrected chi connectivity index (χ0v) is 8.23. The lowest BCUT2D eigenvalue weighted by Gasteiger charge is -2.00. The van der Waals surface area contributed by atoms with Crippen LogP contribution in [-0.2, 0) is 17.8 Å². The van der Waals surface area contributed by atoms with Gasteiger partial charge in [0.2, 0.25) is 5.91 Å². The Hall–Kier alpha value is -1.17. The van der Waals surface area contributed by atoms with Crippen LogP contribution in [0.4, 0.5) is 0 Å². The number of rotatable bonds is 4. The van der Waals surface area contributed by atoms with Gasteiger partial charge in [-0.3, -0.25) is 9.89 Å². The normalized spacial score (nSPS) is 10.2. The molecule has 0 radical (unpaired) electrons. The summed E-state index contributed by atoms with van der Waals surface area (Å²) < 4.78 is 2.43. The summed E-state index contributed by atoms with van der Waals surface area (Å²) in [5.74, 6) is 0.461. The van der Waals surface area contributed by atoms with Crippen LogP contribution in [0.2, 0.25) is 0 Å². The molecule has 1 aromatic heterocycles. The van der Waals surface area contributed by atoms with Crippen molar-refractivity contribution in [2.45, 2.75) is 26.3 Å². The highest BCUT2D eigenvalue weighted by Gasteiger charge is 2.05. The Bertz CT molecular complexity index is 354. The molecule has 72 valence electrons. The highest BCUT2D eigenvalue weighted by molar-refractivity contribution is 7.71. The third-order valence-corrected chi connectivity index (χ3v) is 2.06. The molecule has 0 spiro atoms. The average molecular weight is 200 g/mol. The van der Waals surface area contributed by atoms with Crippen LogP contribution in [0.5, 0.6) is 0 Å². The van der Waals surface area contributed by atoms with Gasteiger partial charge in [0, 0.05) is 19.4 Å². The molecule has 13 heavy (non-hydrogen) atoms. The van der Waals surface area contributed by atoms with Crippen LogP contribution in [0.25, 0.3) is 0 Å². The maximum absolute atomic E-state index is 10.5. The number of aromatic nitrogens is 3. The summed E-state index contributed by atoms with van der Waals surface area (Å²) in [6.07, 6.45) is 0.843. The molecule has 1 heterocycles. The molecule has 6 heteroatoms. The first-order chi connectivity index (χ1) is 6.15. The summed E-state index contributed by atoms with van der Waals surface area (Å²) in [5.41, 5.74) is 5.03. The Morgan fingerprint density at radius 3 is 3.00 bits per heavy atom. The number of carbonyl (C=O) groups is 1. The molecule has 5 nitrogen and oxygen atoms in total. The second-order valence-electron chi connectivity index (χ2n) is 2.66. The van der Waals surface area contributed by atoms with E-state index in [2.05, 4.69) is 10.2 Å². The van der Waals surface area contributed by atoms with E-state index >= 15 is 0 Å². The highest BCUT2D eigenvalue weighted by atomic mass is 32.1. The third kappa shape index (κ3) is 2.38. The van der Waals surface area contributed by atoms with Gasteiger partial charge in [-0.15, -0.1) is 0 Å². The minimum absolute atomic E-state index is 0.305. The number of nitrogens with two attached hydrogens (primary N) is 1. The van der Waals surface area contributed by atoms with E-state index in [0.29, 0.717) is 17.6 Å². The largest absolute Gasteiger partial charge is 0.370 e. The van der Waals surface area contributed by atoms with Gasteiger partial charge in [0.1, 0.15) is 5.82 Å². The fourth-order valence-electron chi connectivity index (χ4n) is 1.10. The molecule has 0 atom stereocenters. The summed E-state index contributed by atoms with van der Waals surface area (Å²) in [5, 5.41) is 6.67. The molecule has 0 saturated heterocycles. The zero-order chi connectivity index (χ0) is 9.84. The minimum atomic E-state index is -0.323. The van der Waals surface area contributed by atoms with Gasteiger partial charge >= 0.3 is 0 Å². The Labute approximate surface area is 80.9 Å². The van der Waals surface area contributed by atoms with Crippen molar-refractivity contribution in [3.05, 3.63) is 10.6 Å². The smallest absolute Gasteiger partial charge is 0.217 e. The first-order valence-corrected chi connectivity index (χ1v) is 4.48. The number of amides is 1. The number of hydrogen-bond acceptors (Lipinski definition) is 3. The molecule has 1 aromatic rings. The minimum Gasteiger partial charge on any atom is -0.370 e. The van der Waals surface area contributed by atoms with Crippen molar-refractivity contribution >= 4 is 18.1 Å². The van der Waals surface area contributed by atoms with Gasteiger partial charge in [-0.1, -0.05) is 0 Å². The molecule has 0 aromatic carbocycles. The Morgan fingerprint density at radius 2 is 2.46 bits per heavy atom. The van der Waals surface area contributed by atoms with E-state index in [4.69, 9.17) is 18.0 Å². The van der Waals surface area contributed by atoms with Crippen LogP contribution < -0.4 is 5.73 Å². The molecular formula is C7H12N4OS. The Balaban J connectivity index is 2.76. The van der Waals surface area contributed by atoms with E-state index in [9.17, 15) is 4.79 Å². The molecule has 0 aliphatic rings. The van der Waals surface area contributed by atoms with E-state index in [1.165, 1.54) is 0 Å². The van der Waals surface area contributed by atoms with Crippen LogP contribution in [0, 0.1) is 4.77 Å². The lowest BCUT2D eigenvalue weighted by Crippen LogP contribution is -2.13. The van der Waals surface area contributed by atoms with Crippen molar-refractivity contribution in [2.75, 3.05) is 0 Å². The van der Waals surface area contributed by atoms with Crippen molar-refractivity contribution in [3.8, 4) is 0 Å². The van der Waals surface area contributed by atoms with Crippen LogP contribution in [0.15, 0.2) is 0 Å². The monoisotopic (exact) mass is 200 g/mol. The summed E-state index contributed by atoms with van der Waals surface area (Å²) in [4.78, 5) is 10.5. The first-order valence-electron chi connectivity index (χ1n) is 4.07. The average Bonchev–Trinajstić information content (AvgIpc) is 2.42. The number of carbonyl (C=O) groups excluding carboxylic acids is 1. The van der Waals surface area contributed by atoms with Crippen LogP contribution in [-0.4, -0.2) is 20.7 Å². The Kier molecular flexibility index (Phi) is 3.18. The fourth-order valence-corrected chi connectivity index (χ4v) is 1.38. The number of primary amides is 1. The van der Waals surface area contributed by atoms with Gasteiger partial charge in [0.25, 0.3) is 0 Å². The van der Waals surface area contributed by atoms with Gasteiger partial charge in [0.15, 0.2) is 4.77 Å². The number of hydrogen-bond donors (Lipinski definition) is 2. The topological polar surface area (TPSA) is 76.7 Å². The third-order valence-electron chi connectivity index (χ3n) is 1.75. The van der Waals surface area contributed by atoms with Gasteiger partial charge < -0.3 is 10.3 Å². The van der Waals surface area contributed by atoms with Crippen LogP contribution in [0.1, 0.15) is 19.2 Å². The molecule has 0 fully saturated rings. The molecule has 0 saturated carbocycles. The maximum atomic E-state index is 10.5. The molecule has 3 N–H and O–H groups in total. The Morgan fingerprint density at radius 1 is 1.77 bits per heavy atom. The van der Waals surface area contributed by atoms with Gasteiger partial charge in [0.05, 0.1) is 0 Å². The van der Waals surface area contributed by atoms with Crippen molar-refractivity contribution in [1.29, 1.82) is 0 Å². The van der Waals surface area contributed by atoms with Crippen LogP contribution >= 0.6 is 12.2 Å². The van der Waals surface area contributed by atoms with Gasteiger partial charge in [-0.25, -0.2) is 0 Å². The second-order valence-corrected chi connectivity index (χ2v) is 3.04. The van der Waals surface area contributed by atoms with Crippen LogP contribution in [0.3, 0.4) is 0 Å². The second kappa shape index (κ2) is 4.18. The number of nitrogens with zero attached hydrogens (tertiary/aromatic N) is 2. The summed E-state index contributed by atoms with van der Waals surface area (Å²) >= 11 is 4.98. The summed E-state index contributed by atoms with van der Waals surface area (Å²) in [7, 11) is 0. The quantitative estimate of drug-likeness (QED) is 0.690. The fraction of sp³-hybridized carbons (Fsp3) is 0.571. The molecule has 0 aliphatic heterocycles. The van der Waals surface area contributed by atoms with E-state index in [0.717, 1.165) is 12.4 Å². The number of aryl methyl sites for hydroxylation is 1. The summed E-state index contributed by atoms with van der Waals surface area (Å²) in [6, 6.07) is 0. The standard InChI is InChI=1S/C7H12N4OS/c1-2-11-6(4-3-5(8)12)9-10-7(11)13/h2-4H2,1H3,(H2,8,12)(H,10,13). The maximum Gasteiger partial charge on any atom is 0.217 e. The predicted molar refractivity (Wildman–Crippen MR) is 50.6 cm³/mol. The predicted octanol–water partition coefficient (Wildman–Crippen LogP) is 0.378. The van der Waals surface area contributed by atoms with E-state index in [1.54, 1.807) is 0 Å². The van der Waals surface area contributed by atoms with E-state index < -0.39 is 0 Å². The molecule has 0 aliphatic carbocycles. The van der Waals surface area contributed by atoms with Crippen molar-refractivity contribution in [2.24, 2.45) is 5.73 Å². The summed E-state index contributed by atoms with van der Waals surface area (Å²) in [6.45, 7) is 2.72. The number of aromatic amines is 1. The SMILES string of the molecule is CCn1c(CCC(N)=O)n[nH]c1=S. The van der Waals surface area contributed by atoms with E-state index in [1.807, 2.05) is 11.5 Å². The molecule has 0 bridgehead atoms. The van der Waals surface area contributed by atoms with E-state index in [-0.39, 0.29) is 5.91 Å².